The maximum Gasteiger partial charge on any atom is 0.410 e. The Bertz CT molecular complexity index is 623. The molecule has 2 heterocycles. The number of piperidine rings is 1. The fourth-order valence-corrected chi connectivity index (χ4v) is 2.67. The normalized spacial score (nSPS) is 15.7. The van der Waals surface area contributed by atoms with Gasteiger partial charge in [0.15, 0.2) is 0 Å². The van der Waals surface area contributed by atoms with E-state index in [4.69, 9.17) is 10.00 Å². The van der Waals surface area contributed by atoms with Crippen molar-refractivity contribution in [3.05, 3.63) is 23.4 Å². The highest BCUT2D eigenvalue weighted by Crippen LogP contribution is 2.21. The van der Waals surface area contributed by atoms with Crippen molar-refractivity contribution in [2.24, 2.45) is 5.92 Å². The molecule has 1 aliphatic heterocycles. The van der Waals surface area contributed by atoms with Gasteiger partial charge in [0.2, 0.25) is 0 Å². The lowest BCUT2D eigenvalue weighted by atomic mass is 9.97. The van der Waals surface area contributed by atoms with E-state index in [0.717, 1.165) is 25.1 Å². The number of hydrogen-bond acceptors (Lipinski definition) is 5. The minimum absolute atomic E-state index is 0.235. The summed E-state index contributed by atoms with van der Waals surface area (Å²) in [6.07, 6.45) is 1.60. The van der Waals surface area contributed by atoms with Crippen LogP contribution in [0.4, 0.5) is 10.6 Å². The van der Waals surface area contributed by atoms with Crippen molar-refractivity contribution in [1.82, 2.24) is 9.88 Å². The number of anilines is 1. The summed E-state index contributed by atoms with van der Waals surface area (Å²) in [6, 6.07) is 5.78. The van der Waals surface area contributed by atoms with Gasteiger partial charge in [0.25, 0.3) is 0 Å². The molecule has 1 fully saturated rings. The second-order valence-corrected chi connectivity index (χ2v) is 7.25. The van der Waals surface area contributed by atoms with E-state index in [0.29, 0.717) is 30.4 Å². The Morgan fingerprint density at radius 2 is 2.08 bits per heavy atom. The zero-order valence-corrected chi connectivity index (χ0v) is 14.9. The van der Waals surface area contributed by atoms with E-state index < -0.39 is 5.60 Å². The second kappa shape index (κ2) is 7.52. The minimum atomic E-state index is -0.458. The quantitative estimate of drug-likeness (QED) is 0.920. The largest absolute Gasteiger partial charge is 0.444 e. The summed E-state index contributed by atoms with van der Waals surface area (Å²) in [6.45, 7) is 9.70. The van der Waals surface area contributed by atoms with Crippen LogP contribution in [0.5, 0.6) is 0 Å². The summed E-state index contributed by atoms with van der Waals surface area (Å²) in [5, 5.41) is 12.4. The van der Waals surface area contributed by atoms with Gasteiger partial charge in [0.1, 0.15) is 17.5 Å². The maximum absolute atomic E-state index is 12.1. The second-order valence-electron chi connectivity index (χ2n) is 7.25. The number of aryl methyl sites for hydroxylation is 1. The Morgan fingerprint density at radius 3 is 2.67 bits per heavy atom. The lowest BCUT2D eigenvalue weighted by Gasteiger charge is -2.33. The number of nitriles is 1. The first-order valence-corrected chi connectivity index (χ1v) is 8.38. The number of amides is 1. The van der Waals surface area contributed by atoms with E-state index >= 15 is 0 Å². The molecular formula is C18H26N4O2. The topological polar surface area (TPSA) is 78.2 Å². The summed E-state index contributed by atoms with van der Waals surface area (Å²) < 4.78 is 5.41. The molecule has 6 nitrogen and oxygen atoms in total. The summed E-state index contributed by atoms with van der Waals surface area (Å²) in [7, 11) is 0. The molecule has 1 aliphatic rings. The van der Waals surface area contributed by atoms with Crippen LogP contribution in [0.2, 0.25) is 0 Å². The molecule has 1 amide bonds. The molecule has 0 spiro atoms. The molecule has 1 aromatic rings. The van der Waals surface area contributed by atoms with Crippen molar-refractivity contribution >= 4 is 11.9 Å². The molecule has 2 rings (SSSR count). The molecule has 1 aromatic heterocycles. The van der Waals surface area contributed by atoms with Crippen molar-refractivity contribution in [3.8, 4) is 6.07 Å². The Kier molecular flexibility index (Phi) is 5.66. The monoisotopic (exact) mass is 330 g/mol. The number of aromatic nitrogens is 1. The summed E-state index contributed by atoms with van der Waals surface area (Å²) in [5.41, 5.74) is 0.989. The van der Waals surface area contributed by atoms with E-state index in [1.807, 2.05) is 33.8 Å². The van der Waals surface area contributed by atoms with Gasteiger partial charge in [0, 0.05) is 25.3 Å². The van der Waals surface area contributed by atoms with Crippen molar-refractivity contribution in [1.29, 1.82) is 5.26 Å². The van der Waals surface area contributed by atoms with Crippen LogP contribution < -0.4 is 5.32 Å². The van der Waals surface area contributed by atoms with Crippen LogP contribution in [0.1, 0.15) is 44.9 Å². The van der Waals surface area contributed by atoms with Crippen molar-refractivity contribution in [2.75, 3.05) is 25.0 Å². The van der Waals surface area contributed by atoms with Crippen molar-refractivity contribution < 1.29 is 9.53 Å². The van der Waals surface area contributed by atoms with Crippen LogP contribution in [0.25, 0.3) is 0 Å². The molecule has 0 radical (unpaired) electrons. The number of ether oxygens (including phenoxy) is 1. The van der Waals surface area contributed by atoms with Crippen LogP contribution in [0.15, 0.2) is 12.1 Å². The zero-order valence-electron chi connectivity index (χ0n) is 14.9. The van der Waals surface area contributed by atoms with Crippen LogP contribution in [-0.2, 0) is 4.74 Å². The Hall–Kier alpha value is -2.29. The zero-order chi connectivity index (χ0) is 17.7. The van der Waals surface area contributed by atoms with Crippen molar-refractivity contribution in [2.45, 2.75) is 46.1 Å². The number of nitrogens with zero attached hydrogens (tertiary/aromatic N) is 3. The van der Waals surface area contributed by atoms with Gasteiger partial charge in [-0.3, -0.25) is 0 Å². The fraction of sp³-hybridized carbons (Fsp3) is 0.611. The molecule has 1 N–H and O–H groups in total. The van der Waals surface area contributed by atoms with E-state index in [1.165, 1.54) is 0 Å². The molecule has 6 heteroatoms. The molecule has 24 heavy (non-hydrogen) atoms. The summed E-state index contributed by atoms with van der Waals surface area (Å²) >= 11 is 0. The Balaban J connectivity index is 1.83. The summed E-state index contributed by atoms with van der Waals surface area (Å²) in [4.78, 5) is 18.2. The van der Waals surface area contributed by atoms with Crippen LogP contribution >= 0.6 is 0 Å². The lowest BCUT2D eigenvalue weighted by molar-refractivity contribution is 0.0188. The molecule has 130 valence electrons. The van der Waals surface area contributed by atoms with Gasteiger partial charge >= 0.3 is 6.09 Å². The molecule has 0 aliphatic carbocycles. The van der Waals surface area contributed by atoms with E-state index in [-0.39, 0.29) is 6.09 Å². The van der Waals surface area contributed by atoms with Crippen LogP contribution in [-0.4, -0.2) is 41.2 Å². The lowest BCUT2D eigenvalue weighted by Crippen LogP contribution is -2.42. The standard InChI is InChI=1S/C18H26N4O2/c1-13-5-6-15(11-19)16(21-13)20-12-14-7-9-22(10-8-14)17(23)24-18(2,3)4/h5-6,14H,7-10,12H2,1-4H3,(H,20,21). The average molecular weight is 330 g/mol. The fourth-order valence-electron chi connectivity index (χ4n) is 2.67. The molecule has 0 saturated carbocycles. The molecule has 0 unspecified atom stereocenters. The highest BCUT2D eigenvalue weighted by Gasteiger charge is 2.26. The van der Waals surface area contributed by atoms with Crippen LogP contribution in [0, 0.1) is 24.2 Å². The van der Waals surface area contributed by atoms with Crippen molar-refractivity contribution in [3.63, 3.8) is 0 Å². The third kappa shape index (κ3) is 5.12. The van der Waals surface area contributed by atoms with Gasteiger partial charge in [-0.2, -0.15) is 5.26 Å². The maximum atomic E-state index is 12.1. The third-order valence-corrected chi connectivity index (χ3v) is 3.98. The Morgan fingerprint density at radius 1 is 1.42 bits per heavy atom. The van der Waals surface area contributed by atoms with Gasteiger partial charge in [-0.05, 0) is 58.6 Å². The van der Waals surface area contributed by atoms with Gasteiger partial charge < -0.3 is 15.0 Å². The number of carbonyl (C=O) groups is 1. The molecule has 0 aromatic carbocycles. The molecule has 1 saturated heterocycles. The predicted molar refractivity (Wildman–Crippen MR) is 92.7 cm³/mol. The van der Waals surface area contributed by atoms with Gasteiger partial charge in [0.05, 0.1) is 5.56 Å². The molecule has 0 atom stereocenters. The SMILES string of the molecule is Cc1ccc(C#N)c(NCC2CCN(C(=O)OC(C)(C)C)CC2)n1. The Labute approximate surface area is 143 Å². The number of rotatable bonds is 3. The highest BCUT2D eigenvalue weighted by molar-refractivity contribution is 5.68. The molecule has 0 bridgehead atoms. The first-order valence-electron chi connectivity index (χ1n) is 8.38. The van der Waals surface area contributed by atoms with Gasteiger partial charge in [-0.25, -0.2) is 9.78 Å². The molecular weight excluding hydrogens is 304 g/mol. The predicted octanol–water partition coefficient (Wildman–Crippen LogP) is 3.32. The number of hydrogen-bond donors (Lipinski definition) is 1. The first-order chi connectivity index (χ1) is 11.3. The van der Waals surface area contributed by atoms with Gasteiger partial charge in [-0.1, -0.05) is 0 Å². The number of nitrogens with one attached hydrogen (secondary N) is 1. The first kappa shape index (κ1) is 18.1. The van der Waals surface area contributed by atoms with Gasteiger partial charge in [-0.15, -0.1) is 0 Å². The smallest absolute Gasteiger partial charge is 0.410 e. The van der Waals surface area contributed by atoms with E-state index in [2.05, 4.69) is 16.4 Å². The van der Waals surface area contributed by atoms with Crippen LogP contribution in [0.3, 0.4) is 0 Å². The highest BCUT2D eigenvalue weighted by atomic mass is 16.6. The summed E-state index contributed by atoms with van der Waals surface area (Å²) in [5.74, 6) is 1.10. The minimum Gasteiger partial charge on any atom is -0.444 e. The average Bonchev–Trinajstić information content (AvgIpc) is 2.52. The van der Waals surface area contributed by atoms with E-state index in [9.17, 15) is 4.79 Å². The third-order valence-electron chi connectivity index (χ3n) is 3.98. The number of likely N-dealkylation sites (tertiary alicyclic amines) is 1. The number of pyridine rings is 1. The van der Waals surface area contributed by atoms with E-state index in [1.54, 1.807) is 11.0 Å². The number of carbonyl (C=O) groups excluding carboxylic acids is 1.